The normalized spacial score (nSPS) is 15.7. The van der Waals surface area contributed by atoms with Crippen molar-refractivity contribution in [1.29, 1.82) is 0 Å². The zero-order valence-corrected chi connectivity index (χ0v) is 18.0. The van der Waals surface area contributed by atoms with Crippen LogP contribution < -0.4 is 14.8 Å². The van der Waals surface area contributed by atoms with Gasteiger partial charge in [0.2, 0.25) is 0 Å². The van der Waals surface area contributed by atoms with Crippen LogP contribution in [-0.2, 0) is 0 Å². The van der Waals surface area contributed by atoms with Gasteiger partial charge in [0.05, 0.1) is 20.3 Å². The van der Waals surface area contributed by atoms with Gasteiger partial charge in [-0.2, -0.15) is 0 Å². The number of anilines is 1. The van der Waals surface area contributed by atoms with Crippen molar-refractivity contribution in [3.63, 3.8) is 0 Å². The number of fused-ring (bicyclic) bond motifs is 1. The second-order valence-corrected chi connectivity index (χ2v) is 7.83. The Hall–Kier alpha value is -2.86. The molecule has 1 fully saturated rings. The van der Waals surface area contributed by atoms with Crippen LogP contribution in [0.3, 0.4) is 0 Å². The fraction of sp³-hybridized carbons (Fsp3) is 0.417. The topological polar surface area (TPSA) is 59.5 Å². The summed E-state index contributed by atoms with van der Waals surface area (Å²) < 4.78 is 11.0. The first-order valence-electron chi connectivity index (χ1n) is 10.6. The standard InChI is InChI=1S/C24H30N4O2/c1-17-12-23(27-24-20(17)13-19(29-2)14-22(24)30-3)26-16-21(18-8-7-9-25-15-18)28-10-5-4-6-11-28/h7-9,12-15,21H,4-6,10-11,16H2,1-3H3,(H,26,27). The SMILES string of the molecule is COc1cc(OC)c2nc(NCC(c3cccnc3)N3CCCCC3)cc(C)c2c1. The highest BCUT2D eigenvalue weighted by Gasteiger charge is 2.22. The highest BCUT2D eigenvalue weighted by molar-refractivity contribution is 5.90. The Morgan fingerprint density at radius 2 is 1.93 bits per heavy atom. The average Bonchev–Trinajstić information content (AvgIpc) is 2.80. The number of hydrogen-bond donors (Lipinski definition) is 1. The summed E-state index contributed by atoms with van der Waals surface area (Å²) in [7, 11) is 3.33. The van der Waals surface area contributed by atoms with E-state index in [1.165, 1.54) is 24.8 Å². The van der Waals surface area contributed by atoms with E-state index >= 15 is 0 Å². The lowest BCUT2D eigenvalue weighted by atomic mass is 10.0. The summed E-state index contributed by atoms with van der Waals surface area (Å²) in [5.74, 6) is 2.34. The summed E-state index contributed by atoms with van der Waals surface area (Å²) in [6.45, 7) is 5.12. The molecule has 0 spiro atoms. The van der Waals surface area contributed by atoms with E-state index in [0.717, 1.165) is 53.4 Å². The first-order valence-corrected chi connectivity index (χ1v) is 10.6. The third kappa shape index (κ3) is 4.33. The second-order valence-electron chi connectivity index (χ2n) is 7.83. The van der Waals surface area contributed by atoms with Crippen molar-refractivity contribution in [2.45, 2.75) is 32.2 Å². The van der Waals surface area contributed by atoms with E-state index in [9.17, 15) is 0 Å². The number of ether oxygens (including phenoxy) is 2. The number of aromatic nitrogens is 2. The lowest BCUT2D eigenvalue weighted by Crippen LogP contribution is -2.37. The number of rotatable bonds is 7. The number of nitrogens with one attached hydrogen (secondary N) is 1. The van der Waals surface area contributed by atoms with Crippen LogP contribution in [0.5, 0.6) is 11.5 Å². The molecule has 1 aliphatic rings. The Morgan fingerprint density at radius 1 is 1.10 bits per heavy atom. The fourth-order valence-corrected chi connectivity index (χ4v) is 4.26. The van der Waals surface area contributed by atoms with Crippen LogP contribution >= 0.6 is 0 Å². The van der Waals surface area contributed by atoms with Gasteiger partial charge >= 0.3 is 0 Å². The molecule has 1 saturated heterocycles. The van der Waals surface area contributed by atoms with E-state index in [1.54, 1.807) is 14.2 Å². The van der Waals surface area contributed by atoms with Crippen molar-refractivity contribution in [3.8, 4) is 11.5 Å². The molecule has 1 atom stereocenters. The molecular formula is C24H30N4O2. The Morgan fingerprint density at radius 3 is 2.63 bits per heavy atom. The number of nitrogens with zero attached hydrogens (tertiary/aromatic N) is 3. The van der Waals surface area contributed by atoms with Gasteiger partial charge in [-0.15, -0.1) is 0 Å². The molecule has 158 valence electrons. The number of benzene rings is 1. The summed E-state index contributed by atoms with van der Waals surface area (Å²) >= 11 is 0. The monoisotopic (exact) mass is 406 g/mol. The Kier molecular flexibility index (Phi) is 6.33. The summed E-state index contributed by atoms with van der Waals surface area (Å²) in [6, 6.07) is 10.4. The van der Waals surface area contributed by atoms with Gasteiger partial charge in [-0.3, -0.25) is 9.88 Å². The van der Waals surface area contributed by atoms with Gasteiger partial charge in [-0.05, 0) is 62.2 Å². The van der Waals surface area contributed by atoms with E-state index in [4.69, 9.17) is 14.5 Å². The molecule has 3 heterocycles. The van der Waals surface area contributed by atoms with Crippen molar-refractivity contribution >= 4 is 16.7 Å². The summed E-state index contributed by atoms with van der Waals surface area (Å²) in [5, 5.41) is 4.62. The maximum atomic E-state index is 5.58. The molecule has 0 radical (unpaired) electrons. The predicted octanol–water partition coefficient (Wildman–Crippen LogP) is 4.59. The van der Waals surface area contributed by atoms with Gasteiger partial charge in [-0.1, -0.05) is 12.5 Å². The Bertz CT molecular complexity index is 987. The minimum Gasteiger partial charge on any atom is -0.497 e. The van der Waals surface area contributed by atoms with Crippen molar-refractivity contribution in [3.05, 3.63) is 53.9 Å². The first-order chi connectivity index (χ1) is 14.7. The Labute approximate surface area is 178 Å². The quantitative estimate of drug-likeness (QED) is 0.619. The summed E-state index contributed by atoms with van der Waals surface area (Å²) in [5.41, 5.74) is 3.22. The number of piperidine rings is 1. The number of aryl methyl sites for hydroxylation is 1. The third-order valence-corrected chi connectivity index (χ3v) is 5.89. The highest BCUT2D eigenvalue weighted by Crippen LogP contribution is 2.33. The summed E-state index contributed by atoms with van der Waals surface area (Å²) in [6.07, 6.45) is 7.64. The predicted molar refractivity (Wildman–Crippen MR) is 120 cm³/mol. The van der Waals surface area contributed by atoms with Crippen LogP contribution in [0.15, 0.2) is 42.7 Å². The van der Waals surface area contributed by atoms with Gasteiger partial charge in [0.1, 0.15) is 22.8 Å². The van der Waals surface area contributed by atoms with Crippen molar-refractivity contribution in [1.82, 2.24) is 14.9 Å². The second kappa shape index (κ2) is 9.30. The molecule has 6 heteroatoms. The van der Waals surface area contributed by atoms with Crippen LogP contribution in [0.1, 0.15) is 36.4 Å². The minimum atomic E-state index is 0.273. The number of methoxy groups -OCH3 is 2. The van der Waals surface area contributed by atoms with E-state index in [2.05, 4.69) is 34.3 Å². The van der Waals surface area contributed by atoms with Crippen LogP contribution in [0, 0.1) is 6.92 Å². The average molecular weight is 407 g/mol. The molecule has 3 aromatic rings. The van der Waals surface area contributed by atoms with Crippen molar-refractivity contribution in [2.75, 3.05) is 39.2 Å². The zero-order chi connectivity index (χ0) is 20.9. The van der Waals surface area contributed by atoms with Gasteiger partial charge in [0.25, 0.3) is 0 Å². The van der Waals surface area contributed by atoms with Gasteiger partial charge < -0.3 is 14.8 Å². The molecule has 6 nitrogen and oxygen atoms in total. The van der Waals surface area contributed by atoms with Crippen LogP contribution in [0.25, 0.3) is 10.9 Å². The summed E-state index contributed by atoms with van der Waals surface area (Å²) in [4.78, 5) is 11.8. The largest absolute Gasteiger partial charge is 0.497 e. The van der Waals surface area contributed by atoms with E-state index in [-0.39, 0.29) is 6.04 Å². The van der Waals surface area contributed by atoms with Gasteiger partial charge in [-0.25, -0.2) is 4.98 Å². The number of hydrogen-bond acceptors (Lipinski definition) is 6. The van der Waals surface area contributed by atoms with Gasteiger partial charge in [0, 0.05) is 30.4 Å². The molecule has 0 aliphatic carbocycles. The maximum absolute atomic E-state index is 5.58. The van der Waals surface area contributed by atoms with Crippen molar-refractivity contribution < 1.29 is 9.47 Å². The fourth-order valence-electron chi connectivity index (χ4n) is 4.26. The maximum Gasteiger partial charge on any atom is 0.148 e. The van der Waals surface area contributed by atoms with Crippen LogP contribution in [-0.4, -0.2) is 48.7 Å². The molecule has 1 unspecified atom stereocenters. The van der Waals surface area contributed by atoms with Crippen LogP contribution in [0.4, 0.5) is 5.82 Å². The molecular weight excluding hydrogens is 376 g/mol. The molecule has 2 aromatic heterocycles. The highest BCUT2D eigenvalue weighted by atomic mass is 16.5. The molecule has 0 amide bonds. The Balaban J connectivity index is 1.62. The lowest BCUT2D eigenvalue weighted by Gasteiger charge is -2.35. The van der Waals surface area contributed by atoms with E-state index in [1.807, 2.05) is 30.6 Å². The van der Waals surface area contributed by atoms with E-state index in [0.29, 0.717) is 0 Å². The molecule has 4 rings (SSSR count). The molecule has 30 heavy (non-hydrogen) atoms. The molecule has 1 aliphatic heterocycles. The molecule has 0 saturated carbocycles. The first kappa shape index (κ1) is 20.4. The smallest absolute Gasteiger partial charge is 0.148 e. The van der Waals surface area contributed by atoms with Crippen molar-refractivity contribution in [2.24, 2.45) is 0 Å². The zero-order valence-electron chi connectivity index (χ0n) is 18.0. The number of pyridine rings is 2. The minimum absolute atomic E-state index is 0.273. The molecule has 1 aromatic carbocycles. The molecule has 0 bridgehead atoms. The van der Waals surface area contributed by atoms with E-state index < -0.39 is 0 Å². The van der Waals surface area contributed by atoms with Gasteiger partial charge in [0.15, 0.2) is 0 Å². The molecule has 1 N–H and O–H groups in total. The third-order valence-electron chi connectivity index (χ3n) is 5.89. The van der Waals surface area contributed by atoms with Crippen LogP contribution in [0.2, 0.25) is 0 Å². The number of likely N-dealkylation sites (tertiary alicyclic amines) is 1. The lowest BCUT2D eigenvalue weighted by molar-refractivity contribution is 0.170.